The third-order valence-electron chi connectivity index (χ3n) is 5.27. The van der Waals surface area contributed by atoms with Gasteiger partial charge in [-0.25, -0.2) is 9.78 Å². The molecule has 1 N–H and O–H groups in total. The van der Waals surface area contributed by atoms with Crippen LogP contribution in [0.3, 0.4) is 0 Å². The molecule has 0 bridgehead atoms. The summed E-state index contributed by atoms with van der Waals surface area (Å²) in [6, 6.07) is 7.49. The molecule has 0 saturated heterocycles. The molecule has 0 saturated carbocycles. The van der Waals surface area contributed by atoms with Crippen molar-refractivity contribution < 1.29 is 9.90 Å². The standard InChI is InChI=1S/C21H21N3O2/c1-12-17(13(2)24(3)23-12)11-14-7-6-9-16-19(21(25)26)15-8-4-5-10-18(15)22-20(14)16/h4-5,8,10-11H,6-7,9H2,1-3H3,(H,25,26). The molecule has 0 aliphatic heterocycles. The molecule has 0 fully saturated rings. The lowest BCUT2D eigenvalue weighted by atomic mass is 9.86. The Kier molecular flexibility index (Phi) is 3.87. The molecule has 26 heavy (non-hydrogen) atoms. The fourth-order valence-corrected chi connectivity index (χ4v) is 3.89. The van der Waals surface area contributed by atoms with Gasteiger partial charge >= 0.3 is 5.97 Å². The third-order valence-corrected chi connectivity index (χ3v) is 5.27. The summed E-state index contributed by atoms with van der Waals surface area (Å²) in [7, 11) is 1.94. The first-order valence-corrected chi connectivity index (χ1v) is 8.83. The fourth-order valence-electron chi connectivity index (χ4n) is 3.89. The van der Waals surface area contributed by atoms with E-state index in [1.54, 1.807) is 0 Å². The summed E-state index contributed by atoms with van der Waals surface area (Å²) in [4.78, 5) is 16.8. The normalized spacial score (nSPS) is 15.4. The van der Waals surface area contributed by atoms with E-state index in [4.69, 9.17) is 4.98 Å². The Morgan fingerprint density at radius 3 is 2.69 bits per heavy atom. The van der Waals surface area contributed by atoms with Gasteiger partial charge in [0.25, 0.3) is 0 Å². The fraction of sp³-hybridized carbons (Fsp3) is 0.286. The number of hydrogen-bond donors (Lipinski definition) is 1. The van der Waals surface area contributed by atoms with Gasteiger partial charge in [0.15, 0.2) is 0 Å². The first-order valence-electron chi connectivity index (χ1n) is 8.83. The second-order valence-electron chi connectivity index (χ2n) is 6.87. The number of carboxylic acid groups (broad SMARTS) is 1. The number of carbonyl (C=O) groups is 1. The van der Waals surface area contributed by atoms with Crippen LogP contribution in [0.4, 0.5) is 0 Å². The Hall–Kier alpha value is -2.95. The van der Waals surface area contributed by atoms with Crippen LogP contribution in [0.1, 0.15) is 51.4 Å². The van der Waals surface area contributed by atoms with Crippen molar-refractivity contribution >= 4 is 28.5 Å². The number of allylic oxidation sites excluding steroid dienone is 1. The summed E-state index contributed by atoms with van der Waals surface area (Å²) < 4.78 is 1.88. The molecule has 0 amide bonds. The summed E-state index contributed by atoms with van der Waals surface area (Å²) in [5.74, 6) is -0.880. The summed E-state index contributed by atoms with van der Waals surface area (Å²) in [5.41, 5.74) is 7.08. The zero-order valence-electron chi connectivity index (χ0n) is 15.2. The van der Waals surface area contributed by atoms with Gasteiger partial charge in [-0.15, -0.1) is 0 Å². The SMILES string of the molecule is Cc1nn(C)c(C)c1C=C1CCCc2c1nc1ccccc1c2C(=O)O. The van der Waals surface area contributed by atoms with E-state index in [0.29, 0.717) is 10.9 Å². The molecule has 2 heterocycles. The number of hydrogen-bond acceptors (Lipinski definition) is 3. The highest BCUT2D eigenvalue weighted by molar-refractivity contribution is 6.05. The van der Waals surface area contributed by atoms with Crippen LogP contribution >= 0.6 is 0 Å². The summed E-state index contributed by atoms with van der Waals surface area (Å²) in [6.07, 6.45) is 4.71. The van der Waals surface area contributed by atoms with Crippen molar-refractivity contribution in [2.24, 2.45) is 7.05 Å². The van der Waals surface area contributed by atoms with E-state index in [1.165, 1.54) is 0 Å². The lowest BCUT2D eigenvalue weighted by Gasteiger charge is -2.21. The smallest absolute Gasteiger partial charge is 0.336 e. The van der Waals surface area contributed by atoms with Crippen LogP contribution in [0.25, 0.3) is 22.6 Å². The topological polar surface area (TPSA) is 68.0 Å². The average molecular weight is 347 g/mol. The summed E-state index contributed by atoms with van der Waals surface area (Å²) in [6.45, 7) is 4.05. The molecule has 4 rings (SSSR count). The van der Waals surface area contributed by atoms with Gasteiger partial charge in [-0.2, -0.15) is 5.10 Å². The Labute approximate surface area is 152 Å². The van der Waals surface area contributed by atoms with E-state index < -0.39 is 5.97 Å². The Morgan fingerprint density at radius 1 is 1.23 bits per heavy atom. The van der Waals surface area contributed by atoms with Crippen molar-refractivity contribution in [3.8, 4) is 0 Å². The van der Waals surface area contributed by atoms with Gasteiger partial charge in [-0.1, -0.05) is 18.2 Å². The molecule has 2 aromatic heterocycles. The first kappa shape index (κ1) is 16.5. The highest BCUT2D eigenvalue weighted by atomic mass is 16.4. The van der Waals surface area contributed by atoms with Gasteiger partial charge in [0.05, 0.1) is 22.5 Å². The number of nitrogens with zero attached hydrogens (tertiary/aromatic N) is 3. The molecule has 5 nitrogen and oxygen atoms in total. The van der Waals surface area contributed by atoms with Crippen LogP contribution in [-0.4, -0.2) is 25.8 Å². The van der Waals surface area contributed by atoms with E-state index in [1.807, 2.05) is 49.8 Å². The number of aromatic nitrogens is 3. The zero-order valence-corrected chi connectivity index (χ0v) is 15.2. The molecular formula is C21H21N3O2. The molecule has 0 spiro atoms. The van der Waals surface area contributed by atoms with E-state index in [-0.39, 0.29) is 0 Å². The number of rotatable bonds is 2. The molecule has 5 heteroatoms. The van der Waals surface area contributed by atoms with E-state index in [2.05, 4.69) is 11.2 Å². The maximum Gasteiger partial charge on any atom is 0.336 e. The molecule has 1 aromatic carbocycles. The molecule has 132 valence electrons. The predicted octanol–water partition coefficient (Wildman–Crippen LogP) is 4.16. The third kappa shape index (κ3) is 2.51. The van der Waals surface area contributed by atoms with Crippen molar-refractivity contribution in [2.45, 2.75) is 33.1 Å². The summed E-state index contributed by atoms with van der Waals surface area (Å²) in [5, 5.41) is 15.0. The Morgan fingerprint density at radius 2 is 2.00 bits per heavy atom. The van der Waals surface area contributed by atoms with Crippen LogP contribution in [0, 0.1) is 13.8 Å². The van der Waals surface area contributed by atoms with Crippen molar-refractivity contribution in [2.75, 3.05) is 0 Å². The Bertz CT molecular complexity index is 1080. The second-order valence-corrected chi connectivity index (χ2v) is 6.87. The highest BCUT2D eigenvalue weighted by Crippen LogP contribution is 2.36. The average Bonchev–Trinajstić information content (AvgIpc) is 2.86. The molecule has 1 aliphatic carbocycles. The molecule has 3 aromatic rings. The first-order chi connectivity index (χ1) is 12.5. The number of benzene rings is 1. The van der Waals surface area contributed by atoms with Crippen LogP contribution in [0.2, 0.25) is 0 Å². The predicted molar refractivity (Wildman–Crippen MR) is 102 cm³/mol. The van der Waals surface area contributed by atoms with Gasteiger partial charge in [0.1, 0.15) is 0 Å². The van der Waals surface area contributed by atoms with Gasteiger partial charge in [0.2, 0.25) is 0 Å². The molecule has 1 aliphatic rings. The number of fused-ring (bicyclic) bond motifs is 2. The minimum absolute atomic E-state index is 0.399. The van der Waals surface area contributed by atoms with Crippen LogP contribution < -0.4 is 0 Å². The molecular weight excluding hydrogens is 326 g/mol. The minimum atomic E-state index is -0.880. The number of aromatic carboxylic acids is 1. The summed E-state index contributed by atoms with van der Waals surface area (Å²) >= 11 is 0. The highest BCUT2D eigenvalue weighted by Gasteiger charge is 2.25. The van der Waals surface area contributed by atoms with Gasteiger partial charge in [-0.05, 0) is 56.4 Å². The zero-order chi connectivity index (χ0) is 18.4. The van der Waals surface area contributed by atoms with Gasteiger partial charge < -0.3 is 5.11 Å². The second kappa shape index (κ2) is 6.09. The maximum absolute atomic E-state index is 12.0. The number of para-hydroxylation sites is 1. The monoisotopic (exact) mass is 347 g/mol. The molecule has 0 unspecified atom stereocenters. The number of pyridine rings is 1. The van der Waals surface area contributed by atoms with Crippen molar-refractivity contribution in [3.63, 3.8) is 0 Å². The van der Waals surface area contributed by atoms with Crippen LogP contribution in [0.5, 0.6) is 0 Å². The van der Waals surface area contributed by atoms with E-state index in [0.717, 1.165) is 58.6 Å². The van der Waals surface area contributed by atoms with Crippen molar-refractivity contribution in [1.82, 2.24) is 14.8 Å². The van der Waals surface area contributed by atoms with Gasteiger partial charge in [0, 0.05) is 23.7 Å². The van der Waals surface area contributed by atoms with Crippen LogP contribution in [0.15, 0.2) is 24.3 Å². The van der Waals surface area contributed by atoms with Gasteiger partial charge in [-0.3, -0.25) is 4.68 Å². The van der Waals surface area contributed by atoms with E-state index in [9.17, 15) is 9.90 Å². The number of carboxylic acids is 1. The minimum Gasteiger partial charge on any atom is -0.478 e. The van der Waals surface area contributed by atoms with Crippen molar-refractivity contribution in [3.05, 3.63) is 58.0 Å². The quantitative estimate of drug-likeness (QED) is 0.756. The largest absolute Gasteiger partial charge is 0.478 e. The maximum atomic E-state index is 12.0. The Balaban J connectivity index is 1.99. The molecule has 0 radical (unpaired) electrons. The van der Waals surface area contributed by atoms with Crippen molar-refractivity contribution in [1.29, 1.82) is 0 Å². The van der Waals surface area contributed by atoms with Crippen LogP contribution in [-0.2, 0) is 13.5 Å². The lowest BCUT2D eigenvalue weighted by molar-refractivity contribution is 0.0697. The number of aryl methyl sites for hydroxylation is 2. The molecule has 0 atom stereocenters. The lowest BCUT2D eigenvalue weighted by Crippen LogP contribution is -2.13. The van der Waals surface area contributed by atoms with E-state index >= 15 is 0 Å².